The number of aryl methyl sites for hydroxylation is 1. The van der Waals surface area contributed by atoms with E-state index in [1.807, 2.05) is 13.0 Å². The predicted octanol–water partition coefficient (Wildman–Crippen LogP) is 3.08. The van der Waals surface area contributed by atoms with Crippen LogP contribution in [0.5, 0.6) is 0 Å². The van der Waals surface area contributed by atoms with Crippen molar-refractivity contribution in [1.29, 1.82) is 0 Å². The quantitative estimate of drug-likeness (QED) is 0.805. The van der Waals surface area contributed by atoms with Crippen LogP contribution in [0.15, 0.2) is 34.9 Å². The lowest BCUT2D eigenvalue weighted by Gasteiger charge is -2.07. The number of amides is 1. The van der Waals surface area contributed by atoms with E-state index >= 15 is 0 Å². The molecule has 4 nitrogen and oxygen atoms in total. The third-order valence-corrected chi connectivity index (χ3v) is 2.61. The van der Waals surface area contributed by atoms with Gasteiger partial charge in [0.2, 0.25) is 5.22 Å². The summed E-state index contributed by atoms with van der Waals surface area (Å²) in [4.78, 5) is 11.8. The van der Waals surface area contributed by atoms with Crippen molar-refractivity contribution in [1.82, 2.24) is 0 Å². The lowest BCUT2D eigenvalue weighted by atomic mass is 10.2. The minimum absolute atomic E-state index is 0.0631. The van der Waals surface area contributed by atoms with E-state index in [-0.39, 0.29) is 16.7 Å². The number of hydrogen-bond donors (Lipinski definition) is 2. The number of rotatable bonds is 2. The number of furan rings is 1. The minimum atomic E-state index is -0.348. The molecule has 0 spiro atoms. The minimum Gasteiger partial charge on any atom is -0.452 e. The molecule has 0 aliphatic heterocycles. The third kappa shape index (κ3) is 2.42. The Morgan fingerprint density at radius 1 is 1.41 bits per heavy atom. The molecule has 0 atom stereocenters. The summed E-state index contributed by atoms with van der Waals surface area (Å²) in [7, 11) is 0. The van der Waals surface area contributed by atoms with Crippen molar-refractivity contribution < 1.29 is 9.21 Å². The van der Waals surface area contributed by atoms with Crippen LogP contribution in [0, 0.1) is 6.92 Å². The number of carbonyl (C=O) groups is 1. The molecule has 0 saturated carbocycles. The number of carbonyl (C=O) groups excluding carboxylic acids is 1. The summed E-state index contributed by atoms with van der Waals surface area (Å²) in [6.07, 6.45) is 1.36. The first-order valence-electron chi connectivity index (χ1n) is 4.98. The van der Waals surface area contributed by atoms with Crippen molar-refractivity contribution in [2.45, 2.75) is 6.92 Å². The van der Waals surface area contributed by atoms with Crippen LogP contribution in [0.4, 0.5) is 11.4 Å². The van der Waals surface area contributed by atoms with Crippen molar-refractivity contribution >= 4 is 28.9 Å². The number of hydrogen-bond acceptors (Lipinski definition) is 3. The monoisotopic (exact) mass is 250 g/mol. The Morgan fingerprint density at radius 3 is 2.76 bits per heavy atom. The van der Waals surface area contributed by atoms with Gasteiger partial charge < -0.3 is 15.5 Å². The first-order valence-corrected chi connectivity index (χ1v) is 5.36. The van der Waals surface area contributed by atoms with E-state index in [1.54, 1.807) is 12.1 Å². The highest BCUT2D eigenvalue weighted by atomic mass is 35.5. The number of halogens is 1. The molecule has 1 aromatic carbocycles. The SMILES string of the molecule is Cc1ccc(NC(=O)c2ccoc2Cl)c(N)c1. The fourth-order valence-corrected chi connectivity index (χ4v) is 1.64. The molecule has 2 rings (SSSR count). The van der Waals surface area contributed by atoms with Gasteiger partial charge in [0.05, 0.1) is 23.2 Å². The predicted molar refractivity (Wildman–Crippen MR) is 67.3 cm³/mol. The number of nitrogens with two attached hydrogens (primary N) is 1. The van der Waals surface area contributed by atoms with Gasteiger partial charge in [-0.25, -0.2) is 0 Å². The number of benzene rings is 1. The Kier molecular flexibility index (Phi) is 3.06. The highest BCUT2D eigenvalue weighted by Gasteiger charge is 2.13. The molecule has 88 valence electrons. The average Bonchev–Trinajstić information content (AvgIpc) is 2.68. The van der Waals surface area contributed by atoms with Crippen molar-refractivity contribution in [2.75, 3.05) is 11.1 Å². The van der Waals surface area contributed by atoms with Crippen LogP contribution in [-0.2, 0) is 0 Å². The highest BCUT2D eigenvalue weighted by Crippen LogP contribution is 2.22. The van der Waals surface area contributed by atoms with Crippen LogP contribution in [0.3, 0.4) is 0 Å². The van der Waals surface area contributed by atoms with Gasteiger partial charge in [0.1, 0.15) is 0 Å². The maximum absolute atomic E-state index is 11.8. The molecule has 0 fully saturated rings. The van der Waals surface area contributed by atoms with Gasteiger partial charge in [0, 0.05) is 0 Å². The Morgan fingerprint density at radius 2 is 2.18 bits per heavy atom. The lowest BCUT2D eigenvalue weighted by molar-refractivity contribution is 0.102. The smallest absolute Gasteiger partial charge is 0.260 e. The first-order chi connectivity index (χ1) is 8.08. The Labute approximate surface area is 103 Å². The van der Waals surface area contributed by atoms with Gasteiger partial charge in [-0.05, 0) is 42.3 Å². The molecule has 1 heterocycles. The number of nitrogens with one attached hydrogen (secondary N) is 1. The molecule has 1 amide bonds. The highest BCUT2D eigenvalue weighted by molar-refractivity contribution is 6.32. The zero-order chi connectivity index (χ0) is 12.4. The van der Waals surface area contributed by atoms with Crippen molar-refractivity contribution in [3.8, 4) is 0 Å². The van der Waals surface area contributed by atoms with Crippen molar-refractivity contribution in [3.63, 3.8) is 0 Å². The number of anilines is 2. The molecule has 2 aromatic rings. The van der Waals surface area contributed by atoms with E-state index in [1.165, 1.54) is 12.3 Å². The van der Waals surface area contributed by atoms with E-state index in [2.05, 4.69) is 5.32 Å². The molecule has 3 N–H and O–H groups in total. The molecule has 0 saturated heterocycles. The van der Waals surface area contributed by atoms with Crippen LogP contribution in [-0.4, -0.2) is 5.91 Å². The summed E-state index contributed by atoms with van der Waals surface area (Å²) >= 11 is 5.71. The third-order valence-electron chi connectivity index (χ3n) is 2.32. The maximum Gasteiger partial charge on any atom is 0.260 e. The van der Waals surface area contributed by atoms with Crippen LogP contribution >= 0.6 is 11.6 Å². The van der Waals surface area contributed by atoms with Crippen molar-refractivity contribution in [2.24, 2.45) is 0 Å². The Hall–Kier alpha value is -1.94. The molecule has 5 heteroatoms. The summed E-state index contributed by atoms with van der Waals surface area (Å²) in [5.74, 6) is -0.348. The fourth-order valence-electron chi connectivity index (χ4n) is 1.44. The zero-order valence-electron chi connectivity index (χ0n) is 9.16. The fraction of sp³-hybridized carbons (Fsp3) is 0.0833. The van der Waals surface area contributed by atoms with Gasteiger partial charge in [-0.3, -0.25) is 4.79 Å². The van der Waals surface area contributed by atoms with E-state index < -0.39 is 0 Å². The van der Waals surface area contributed by atoms with E-state index in [0.29, 0.717) is 11.4 Å². The van der Waals surface area contributed by atoms with Gasteiger partial charge in [0.15, 0.2) is 0 Å². The second-order valence-electron chi connectivity index (χ2n) is 3.65. The molecule has 1 aromatic heterocycles. The largest absolute Gasteiger partial charge is 0.452 e. The van der Waals surface area contributed by atoms with Gasteiger partial charge >= 0.3 is 0 Å². The average molecular weight is 251 g/mol. The summed E-state index contributed by atoms with van der Waals surface area (Å²) < 4.78 is 4.85. The molecule has 0 unspecified atom stereocenters. The van der Waals surface area contributed by atoms with E-state index in [0.717, 1.165) is 5.56 Å². The molecular weight excluding hydrogens is 240 g/mol. The topological polar surface area (TPSA) is 68.3 Å². The standard InChI is InChI=1S/C12H11ClN2O2/c1-7-2-3-10(9(14)6-7)15-12(16)8-4-5-17-11(8)13/h2-6H,14H2,1H3,(H,15,16). The zero-order valence-corrected chi connectivity index (χ0v) is 9.91. The Balaban J connectivity index is 2.22. The van der Waals surface area contributed by atoms with E-state index in [4.69, 9.17) is 21.8 Å². The van der Waals surface area contributed by atoms with Crippen LogP contribution in [0.25, 0.3) is 0 Å². The molecule has 0 bridgehead atoms. The van der Waals surface area contributed by atoms with Gasteiger partial charge in [-0.15, -0.1) is 0 Å². The van der Waals surface area contributed by atoms with Gasteiger partial charge in [0.25, 0.3) is 5.91 Å². The normalized spacial score (nSPS) is 10.2. The first kappa shape index (κ1) is 11.5. The molecule has 17 heavy (non-hydrogen) atoms. The van der Waals surface area contributed by atoms with Gasteiger partial charge in [-0.1, -0.05) is 6.07 Å². The second-order valence-corrected chi connectivity index (χ2v) is 4.00. The molecular formula is C12H11ClN2O2. The molecule has 0 radical (unpaired) electrons. The van der Waals surface area contributed by atoms with Crippen molar-refractivity contribution in [3.05, 3.63) is 46.9 Å². The summed E-state index contributed by atoms with van der Waals surface area (Å²) in [5.41, 5.74) is 8.17. The van der Waals surface area contributed by atoms with Crippen LogP contribution in [0.1, 0.15) is 15.9 Å². The molecule has 0 aliphatic rings. The van der Waals surface area contributed by atoms with Crippen LogP contribution in [0.2, 0.25) is 5.22 Å². The molecule has 0 aliphatic carbocycles. The Bertz CT molecular complexity index is 563. The summed E-state index contributed by atoms with van der Waals surface area (Å²) in [6, 6.07) is 6.90. The second kappa shape index (κ2) is 4.51. The summed E-state index contributed by atoms with van der Waals surface area (Å²) in [5, 5.41) is 2.74. The lowest BCUT2D eigenvalue weighted by Crippen LogP contribution is -2.12. The van der Waals surface area contributed by atoms with Gasteiger partial charge in [-0.2, -0.15) is 0 Å². The maximum atomic E-state index is 11.8. The van der Waals surface area contributed by atoms with E-state index in [9.17, 15) is 4.79 Å². The summed E-state index contributed by atoms with van der Waals surface area (Å²) in [6.45, 7) is 1.93. The number of nitrogen functional groups attached to an aromatic ring is 1. The van der Waals surface area contributed by atoms with Crippen LogP contribution < -0.4 is 11.1 Å².